The van der Waals surface area contributed by atoms with Gasteiger partial charge in [-0.25, -0.2) is 0 Å². The molecule has 0 bridgehead atoms. The molecule has 0 saturated carbocycles. The Morgan fingerprint density at radius 3 is 1.41 bits per heavy atom. The van der Waals surface area contributed by atoms with Crippen LogP contribution in [0.2, 0.25) is 5.28 Å². The number of alkyl halides is 6. The second-order valence-electron chi connectivity index (χ2n) is 2.27. The summed E-state index contributed by atoms with van der Waals surface area (Å²) in [6.45, 7) is 0. The van der Waals surface area contributed by atoms with Crippen LogP contribution >= 0.6 is 11.6 Å². The van der Waals surface area contributed by atoms with Crippen LogP contribution in [0.1, 0.15) is 0 Å². The van der Waals surface area contributed by atoms with E-state index in [9.17, 15) is 26.3 Å². The van der Waals surface area contributed by atoms with Gasteiger partial charge in [-0.2, -0.15) is 0 Å². The van der Waals surface area contributed by atoms with Crippen LogP contribution in [0.3, 0.4) is 0 Å². The molecule has 1 aromatic heterocycles. The third-order valence-electron chi connectivity index (χ3n) is 0.981. The molecule has 3 nitrogen and oxygen atoms in total. The molecule has 17 heavy (non-hydrogen) atoms. The standard InChI is InChI=1S/C5ClF6N3Te2/c6-1-13-2(16-4(7,8)9)15-3(14-1)17-5(10,11)12. The van der Waals surface area contributed by atoms with E-state index in [1.54, 1.807) is 0 Å². The number of halogens is 7. The summed E-state index contributed by atoms with van der Waals surface area (Å²) in [5, 5.41) is -0.631. The quantitative estimate of drug-likeness (QED) is 0.426. The average molecular weight is 507 g/mol. The van der Waals surface area contributed by atoms with Crippen molar-refractivity contribution >= 4 is 61.2 Å². The molecule has 0 aromatic carbocycles. The zero-order valence-electron chi connectivity index (χ0n) is 7.30. The van der Waals surface area contributed by atoms with Crippen molar-refractivity contribution in [3.05, 3.63) is 5.28 Å². The first-order valence-electron chi connectivity index (χ1n) is 3.48. The van der Waals surface area contributed by atoms with Gasteiger partial charge in [-0.05, 0) is 0 Å². The Hall–Kier alpha value is 0.459. The normalized spacial score (nSPS) is 12.9. The van der Waals surface area contributed by atoms with E-state index in [-0.39, 0.29) is 0 Å². The van der Waals surface area contributed by atoms with E-state index in [0.29, 0.717) is 0 Å². The summed E-state index contributed by atoms with van der Waals surface area (Å²) in [7, 11) is 0. The summed E-state index contributed by atoms with van der Waals surface area (Å²) in [6, 6.07) is 0. The predicted molar refractivity (Wildman–Crippen MR) is 47.7 cm³/mol. The van der Waals surface area contributed by atoms with Gasteiger partial charge in [-0.1, -0.05) is 0 Å². The van der Waals surface area contributed by atoms with Crippen molar-refractivity contribution in [2.24, 2.45) is 0 Å². The molecule has 1 aromatic rings. The fourth-order valence-corrected chi connectivity index (χ4v) is 4.34. The van der Waals surface area contributed by atoms with Crippen LogP contribution in [0.5, 0.6) is 0 Å². The van der Waals surface area contributed by atoms with Crippen LogP contribution in [0, 0.1) is 0 Å². The monoisotopic (exact) mass is 511 g/mol. The molecule has 0 aliphatic rings. The fourth-order valence-electron chi connectivity index (χ4n) is 0.613. The van der Waals surface area contributed by atoms with Gasteiger partial charge in [0.25, 0.3) is 0 Å². The summed E-state index contributed by atoms with van der Waals surface area (Å²) in [6.07, 6.45) is 0. The summed E-state index contributed by atoms with van der Waals surface area (Å²) in [5.41, 5.74) is 0. The van der Waals surface area contributed by atoms with Gasteiger partial charge < -0.3 is 0 Å². The molecule has 0 atom stereocenters. The van der Waals surface area contributed by atoms with Gasteiger partial charge in [0, 0.05) is 0 Å². The van der Waals surface area contributed by atoms with Gasteiger partial charge in [0.2, 0.25) is 0 Å². The molecule has 1 heterocycles. The van der Waals surface area contributed by atoms with E-state index in [2.05, 4.69) is 15.0 Å². The third-order valence-corrected chi connectivity index (χ3v) is 4.56. The zero-order valence-corrected chi connectivity index (χ0v) is 12.7. The molecule has 0 aliphatic heterocycles. The number of aromatic nitrogens is 3. The Bertz CT molecular complexity index is 373. The van der Waals surface area contributed by atoms with Crippen LogP contribution in [-0.2, 0) is 0 Å². The Labute approximate surface area is 116 Å². The van der Waals surface area contributed by atoms with Crippen molar-refractivity contribution in [1.82, 2.24) is 15.0 Å². The molecular formula is C5ClF6N3Te2. The molecule has 0 saturated heterocycles. The molecule has 0 unspecified atom stereocenters. The molecule has 0 aliphatic carbocycles. The second-order valence-corrected chi connectivity index (χ2v) is 8.50. The summed E-state index contributed by atoms with van der Waals surface area (Å²) >= 11 is -0.302. The van der Waals surface area contributed by atoms with Gasteiger partial charge in [-0.3, -0.25) is 0 Å². The average Bonchev–Trinajstić information content (AvgIpc) is 1.93. The second kappa shape index (κ2) is 5.62. The van der Waals surface area contributed by atoms with E-state index >= 15 is 0 Å². The first-order chi connectivity index (χ1) is 7.55. The van der Waals surface area contributed by atoms with Crippen molar-refractivity contribution < 1.29 is 26.3 Å². The molecule has 1 rings (SSSR count). The van der Waals surface area contributed by atoms with Crippen molar-refractivity contribution in [2.45, 2.75) is 8.45 Å². The summed E-state index contributed by atoms with van der Waals surface area (Å²) in [4.78, 5) is 9.54. The zero-order chi connectivity index (χ0) is 13.3. The molecule has 0 radical (unpaired) electrons. The van der Waals surface area contributed by atoms with Gasteiger partial charge in [0.15, 0.2) is 0 Å². The minimum absolute atomic E-state index is 0.631. The number of hydrogen-bond acceptors (Lipinski definition) is 3. The SMILES string of the molecule is FC(F)(F)[Te]c1nc(Cl)nc([Te]C(F)(F)F)n1. The maximum absolute atomic E-state index is 12.0. The van der Waals surface area contributed by atoms with Crippen LogP contribution in [0.25, 0.3) is 0 Å². The topological polar surface area (TPSA) is 38.7 Å². The summed E-state index contributed by atoms with van der Waals surface area (Å²) in [5.74, 6) is 0. The molecular weight excluding hydrogens is 507 g/mol. The molecule has 12 heteroatoms. The maximum atomic E-state index is 12.0. The predicted octanol–water partition coefficient (Wildman–Crippen LogP) is 0.224. The number of hydrogen-bond donors (Lipinski definition) is 0. The first kappa shape index (κ1) is 15.5. The minimum atomic E-state index is -4.48. The molecule has 96 valence electrons. The molecule has 0 spiro atoms. The fraction of sp³-hybridized carbons (Fsp3) is 0.400. The molecule has 0 amide bonds. The number of nitrogens with zero attached hydrogens (tertiary/aromatic N) is 3. The van der Waals surface area contributed by atoms with E-state index in [1.165, 1.54) is 0 Å². The van der Waals surface area contributed by atoms with Crippen molar-refractivity contribution in [1.29, 1.82) is 0 Å². The van der Waals surface area contributed by atoms with Crippen molar-refractivity contribution in [3.63, 3.8) is 0 Å². The van der Waals surface area contributed by atoms with Crippen LogP contribution in [-0.4, -0.2) is 65.2 Å². The molecule has 0 N–H and O–H groups in total. The Balaban J connectivity index is 2.95. The van der Waals surface area contributed by atoms with Gasteiger partial charge in [0.05, 0.1) is 0 Å². The third kappa shape index (κ3) is 6.82. The Kier molecular flexibility index (Phi) is 5.13. The van der Waals surface area contributed by atoms with Crippen LogP contribution < -0.4 is 7.74 Å². The Morgan fingerprint density at radius 2 is 1.12 bits per heavy atom. The molecule has 0 fully saturated rings. The van der Waals surface area contributed by atoms with E-state index in [0.717, 1.165) is 0 Å². The van der Waals surface area contributed by atoms with Gasteiger partial charge in [-0.15, -0.1) is 0 Å². The van der Waals surface area contributed by atoms with Crippen LogP contribution in [0.4, 0.5) is 26.3 Å². The van der Waals surface area contributed by atoms with Gasteiger partial charge >= 0.3 is 116 Å². The number of rotatable bonds is 2. The van der Waals surface area contributed by atoms with Crippen LogP contribution in [0.15, 0.2) is 0 Å². The van der Waals surface area contributed by atoms with Crippen molar-refractivity contribution in [3.8, 4) is 0 Å². The summed E-state index contributed by atoms with van der Waals surface area (Å²) < 4.78 is 62.0. The van der Waals surface area contributed by atoms with Gasteiger partial charge in [0.1, 0.15) is 0 Å². The van der Waals surface area contributed by atoms with Crippen molar-refractivity contribution in [2.75, 3.05) is 0 Å². The first-order valence-corrected chi connectivity index (χ1v) is 8.52. The Morgan fingerprint density at radius 1 is 0.765 bits per heavy atom. The van der Waals surface area contributed by atoms with E-state index < -0.39 is 63.3 Å². The van der Waals surface area contributed by atoms with E-state index in [1.807, 2.05) is 0 Å². The van der Waals surface area contributed by atoms with E-state index in [4.69, 9.17) is 11.6 Å².